The number of thioether (sulfide) groups is 2. The number of ether oxygens (including phenoxy) is 2. The number of carboxylic acids is 2. The Morgan fingerprint density at radius 1 is 0.667 bits per heavy atom. The smallest absolute Gasteiger partial charge is 0.368 e. The van der Waals surface area contributed by atoms with E-state index >= 15 is 0 Å². The first-order valence-corrected chi connectivity index (χ1v) is 25.8. The second-order valence-electron chi connectivity index (χ2n) is 14.8. The van der Waals surface area contributed by atoms with Gasteiger partial charge in [0.15, 0.2) is 0 Å². The number of sulfonamides is 2. The molecular weight excluding hydrogens is 949 g/mol. The van der Waals surface area contributed by atoms with Crippen LogP contribution in [0.1, 0.15) is 52.4 Å². The molecule has 4 N–H and O–H groups in total. The van der Waals surface area contributed by atoms with Crippen LogP contribution in [-0.4, -0.2) is 76.7 Å². The first kappa shape index (κ1) is 51.7. The maximum absolute atomic E-state index is 13.6. The topological polar surface area (TPSA) is 192 Å². The van der Waals surface area contributed by atoms with Crippen molar-refractivity contribution in [3.63, 3.8) is 0 Å². The summed E-state index contributed by atoms with van der Waals surface area (Å²) < 4.78 is 123. The summed E-state index contributed by atoms with van der Waals surface area (Å²) in [5, 5.41) is 17.4. The number of benzene rings is 4. The van der Waals surface area contributed by atoms with Crippen molar-refractivity contribution in [3.05, 3.63) is 109 Å². The molecule has 0 radical (unpaired) electrons. The zero-order valence-electron chi connectivity index (χ0n) is 36.1. The summed E-state index contributed by atoms with van der Waals surface area (Å²) in [5.41, 5.74) is 1.92. The van der Waals surface area contributed by atoms with E-state index in [9.17, 15) is 44.0 Å². The van der Waals surface area contributed by atoms with Crippen LogP contribution in [0.3, 0.4) is 0 Å². The van der Waals surface area contributed by atoms with Crippen LogP contribution in [0.4, 0.5) is 40.3 Å². The highest BCUT2D eigenvalue weighted by Crippen LogP contribution is 2.43. The number of aliphatic carboxylic acids is 2. The van der Waals surface area contributed by atoms with Crippen molar-refractivity contribution in [1.82, 2.24) is 9.44 Å². The number of nitrogens with zero attached hydrogens (tertiary/aromatic N) is 2. The average molecular weight is 997 g/mol. The maximum atomic E-state index is 13.6. The zero-order valence-corrected chi connectivity index (χ0v) is 39.4. The predicted octanol–water partition coefficient (Wildman–Crippen LogP) is 9.62. The van der Waals surface area contributed by atoms with E-state index in [0.717, 1.165) is 25.7 Å². The lowest BCUT2D eigenvalue weighted by Gasteiger charge is -2.27. The highest BCUT2D eigenvalue weighted by Gasteiger charge is 2.35. The number of fused-ring (bicyclic) bond motifs is 2. The summed E-state index contributed by atoms with van der Waals surface area (Å²) >= 11 is 2.45. The largest absolute Gasteiger partial charge is 0.476 e. The van der Waals surface area contributed by atoms with Crippen molar-refractivity contribution in [2.75, 3.05) is 35.4 Å². The number of halogens is 4. The van der Waals surface area contributed by atoms with Gasteiger partial charge in [-0.1, -0.05) is 39.5 Å². The minimum absolute atomic E-state index is 0.00547. The molecule has 2 aliphatic heterocycles. The van der Waals surface area contributed by atoms with E-state index in [1.165, 1.54) is 59.9 Å². The molecule has 0 saturated carbocycles. The Labute approximate surface area is 389 Å². The molecule has 22 heteroatoms. The van der Waals surface area contributed by atoms with E-state index in [1.54, 1.807) is 58.7 Å². The fourth-order valence-corrected chi connectivity index (χ4v) is 11.0. The van der Waals surface area contributed by atoms with E-state index in [1.807, 2.05) is 13.8 Å². The molecule has 2 heterocycles. The molecular formula is C44H48F4N4O10S4. The quantitative estimate of drug-likeness (QED) is 0.0359. The second-order valence-corrected chi connectivity index (χ2v) is 19.9. The van der Waals surface area contributed by atoms with Crippen molar-refractivity contribution in [3.8, 4) is 11.5 Å². The summed E-state index contributed by atoms with van der Waals surface area (Å²) in [6, 6.07) is 16.3. The number of hydrogen-bond donors (Lipinski definition) is 4. The molecule has 66 heavy (non-hydrogen) atoms. The van der Waals surface area contributed by atoms with Gasteiger partial charge in [-0.2, -0.15) is 8.78 Å². The fourth-order valence-electron chi connectivity index (χ4n) is 6.96. The summed E-state index contributed by atoms with van der Waals surface area (Å²) in [5.74, 6) is -7.48. The van der Waals surface area contributed by atoms with Gasteiger partial charge < -0.3 is 29.5 Å². The molecule has 0 aliphatic carbocycles. The standard InChI is InChI=1S/2C22H24F2N2O5S2/c2*1-3-4-5-15-12-26(16-8-6-14(23)7-9-16)18-10-20(32-2)19(31-13-17(24)22(27)28)11-21(18)33(29,30)25-15/h2*6-11,13,15,25H,3-5,12H2,1-2H3,(H,27,28)/b2*17-13-/t2*15-/m10/s1. The van der Waals surface area contributed by atoms with Crippen LogP contribution >= 0.6 is 23.5 Å². The minimum Gasteiger partial charge on any atom is -0.476 e. The highest BCUT2D eigenvalue weighted by molar-refractivity contribution is 7.99. The summed E-state index contributed by atoms with van der Waals surface area (Å²) in [6.45, 7) is 4.66. The first-order chi connectivity index (χ1) is 31.3. The van der Waals surface area contributed by atoms with Crippen LogP contribution in [0.15, 0.2) is 117 Å². The van der Waals surface area contributed by atoms with Gasteiger partial charge in [0.05, 0.1) is 21.2 Å². The van der Waals surface area contributed by atoms with Gasteiger partial charge in [-0.25, -0.2) is 44.6 Å². The molecule has 0 spiro atoms. The lowest BCUT2D eigenvalue weighted by molar-refractivity contribution is -0.135. The summed E-state index contributed by atoms with van der Waals surface area (Å²) in [4.78, 5) is 25.8. The van der Waals surface area contributed by atoms with Gasteiger partial charge >= 0.3 is 11.9 Å². The molecule has 4 aromatic rings. The number of anilines is 4. The predicted molar refractivity (Wildman–Crippen MR) is 245 cm³/mol. The van der Waals surface area contributed by atoms with E-state index in [-0.39, 0.29) is 21.3 Å². The second kappa shape index (κ2) is 23.0. The third kappa shape index (κ3) is 13.0. The number of carbonyl (C=O) groups is 2. The number of rotatable bonds is 16. The van der Waals surface area contributed by atoms with Gasteiger partial charge in [-0.05, 0) is 86.0 Å². The van der Waals surface area contributed by atoms with Crippen molar-refractivity contribution in [1.29, 1.82) is 0 Å². The molecule has 0 bridgehead atoms. The lowest BCUT2D eigenvalue weighted by atomic mass is 10.1. The Balaban J connectivity index is 0.000000247. The molecule has 0 fully saturated rings. The van der Waals surface area contributed by atoms with E-state index < -0.39 is 67.4 Å². The first-order valence-electron chi connectivity index (χ1n) is 20.4. The molecule has 0 unspecified atom stereocenters. The highest BCUT2D eigenvalue weighted by atomic mass is 32.2. The Hall–Kier alpha value is -5.26. The molecule has 356 valence electrons. The Bertz CT molecular complexity index is 2490. The number of hydrogen-bond acceptors (Lipinski definition) is 12. The van der Waals surface area contributed by atoms with Crippen LogP contribution in [0, 0.1) is 11.6 Å². The molecule has 4 aromatic carbocycles. The van der Waals surface area contributed by atoms with E-state index in [4.69, 9.17) is 19.7 Å². The Morgan fingerprint density at radius 2 is 1.02 bits per heavy atom. The van der Waals surface area contributed by atoms with Crippen molar-refractivity contribution in [2.45, 2.75) is 84.0 Å². The zero-order chi connectivity index (χ0) is 48.3. The molecule has 14 nitrogen and oxygen atoms in total. The van der Waals surface area contributed by atoms with Gasteiger partial charge in [-0.3, -0.25) is 0 Å². The van der Waals surface area contributed by atoms with Gasteiger partial charge in [0.1, 0.15) is 45.4 Å². The summed E-state index contributed by atoms with van der Waals surface area (Å²) in [7, 11) is -7.99. The maximum Gasteiger partial charge on any atom is 0.368 e. The van der Waals surface area contributed by atoms with Crippen LogP contribution in [0.2, 0.25) is 0 Å². The van der Waals surface area contributed by atoms with Crippen molar-refractivity contribution in [2.24, 2.45) is 0 Å². The fraction of sp³-hybridized carbons (Fsp3) is 0.318. The molecule has 2 aliphatic rings. The van der Waals surface area contributed by atoms with Crippen molar-refractivity contribution >= 4 is 78.3 Å². The van der Waals surface area contributed by atoms with Crippen LogP contribution in [0.25, 0.3) is 0 Å². The lowest BCUT2D eigenvalue weighted by Crippen LogP contribution is -2.39. The van der Waals surface area contributed by atoms with Gasteiger partial charge in [0.2, 0.25) is 31.7 Å². The average Bonchev–Trinajstić information content (AvgIpc) is 3.47. The molecule has 6 rings (SSSR count). The van der Waals surface area contributed by atoms with Crippen LogP contribution in [-0.2, 0) is 29.6 Å². The molecule has 0 saturated heterocycles. The van der Waals surface area contributed by atoms with Gasteiger partial charge in [-0.15, -0.1) is 23.5 Å². The van der Waals surface area contributed by atoms with Gasteiger partial charge in [0.25, 0.3) is 0 Å². The van der Waals surface area contributed by atoms with E-state index in [2.05, 4.69) is 9.44 Å². The van der Waals surface area contributed by atoms with E-state index in [0.29, 0.717) is 71.0 Å². The summed E-state index contributed by atoms with van der Waals surface area (Å²) in [6.07, 6.45) is 8.89. The van der Waals surface area contributed by atoms with Crippen LogP contribution < -0.4 is 28.7 Å². The van der Waals surface area contributed by atoms with Crippen molar-refractivity contribution < 1.29 is 63.7 Å². The third-order valence-corrected chi connectivity index (χ3v) is 14.8. The van der Waals surface area contributed by atoms with Gasteiger partial charge in [0, 0.05) is 48.7 Å². The van der Waals surface area contributed by atoms with Crippen LogP contribution in [0.5, 0.6) is 11.5 Å². The SMILES string of the molecule is CCCC[C@@H]1CN(c2ccc(F)cc2)c2cc(SC)c(O/C=C(\F)C(=O)O)cc2S(=O)(=O)N1.CCCC[C@H]1CN(c2ccc(F)cc2)c2cc(SC)c(O/C=C(\F)C(=O)O)cc2S(=O)(=O)N1. The number of carboxylic acid groups (broad SMARTS) is 2. The third-order valence-electron chi connectivity index (χ3n) is 10.2. The number of nitrogens with one attached hydrogen (secondary N) is 2. The molecule has 2 atom stereocenters. The number of unbranched alkanes of at least 4 members (excludes halogenated alkanes) is 2. The Kier molecular flexibility index (Phi) is 18.0. The molecule has 0 amide bonds. The Morgan fingerprint density at radius 3 is 1.32 bits per heavy atom. The minimum atomic E-state index is -4.00. The monoisotopic (exact) mass is 996 g/mol. The molecule has 0 aromatic heterocycles. The normalized spacial score (nSPS) is 17.9.